The molecule has 0 N–H and O–H groups in total. The molecule has 0 aromatic heterocycles. The van der Waals surface area contributed by atoms with E-state index in [0.717, 1.165) is 11.8 Å². The summed E-state index contributed by atoms with van der Waals surface area (Å²) in [5.41, 5.74) is 0.533. The first-order valence-corrected chi connectivity index (χ1v) is 8.11. The number of hydrogen-bond acceptors (Lipinski definition) is 1. The van der Waals surface area contributed by atoms with Crippen LogP contribution in [0.5, 0.6) is 0 Å². The van der Waals surface area contributed by atoms with Crippen LogP contribution in [0.15, 0.2) is 17.3 Å². The molecule has 0 heterocycles. The molecular weight excluding hydrogens is 230 g/mol. The first-order valence-electron chi connectivity index (χ1n) is 8.11. The van der Waals surface area contributed by atoms with Crippen LogP contribution in [0, 0.1) is 23.2 Å². The predicted octanol–water partition coefficient (Wildman–Crippen LogP) is 5.86. The van der Waals surface area contributed by atoms with Crippen LogP contribution in [0.1, 0.15) is 73.1 Å². The van der Waals surface area contributed by atoms with Gasteiger partial charge in [0.15, 0.2) is 0 Å². The van der Waals surface area contributed by atoms with E-state index in [4.69, 9.17) is 0 Å². The minimum atomic E-state index is 0.533. The monoisotopic (exact) mass is 263 g/mol. The fourth-order valence-electron chi connectivity index (χ4n) is 3.25. The van der Waals surface area contributed by atoms with E-state index in [1.165, 1.54) is 38.5 Å². The molecule has 0 radical (unpaired) electrons. The molecule has 0 bridgehead atoms. The Kier molecular flexibility index (Phi) is 6.82. The maximum Gasteiger partial charge on any atom is 0.0221 e. The third kappa shape index (κ3) is 5.93. The molecule has 3 atom stereocenters. The van der Waals surface area contributed by atoms with Crippen molar-refractivity contribution >= 4 is 6.21 Å². The first kappa shape index (κ1) is 16.5. The average molecular weight is 263 g/mol. The van der Waals surface area contributed by atoms with E-state index in [-0.39, 0.29) is 0 Å². The van der Waals surface area contributed by atoms with E-state index in [1.807, 2.05) is 19.2 Å². The van der Waals surface area contributed by atoms with Gasteiger partial charge in [0, 0.05) is 12.4 Å². The minimum Gasteiger partial charge on any atom is -0.269 e. The lowest BCUT2D eigenvalue weighted by Crippen LogP contribution is -2.23. The number of aliphatic imine (C=N–C) groups is 1. The van der Waals surface area contributed by atoms with Crippen LogP contribution in [0.3, 0.4) is 0 Å². The lowest BCUT2D eigenvalue weighted by molar-refractivity contribution is 0.217. The third-order valence-electron chi connectivity index (χ3n) is 4.99. The predicted molar refractivity (Wildman–Crippen MR) is 86.6 cm³/mol. The lowest BCUT2D eigenvalue weighted by atomic mass is 9.74. The van der Waals surface area contributed by atoms with Gasteiger partial charge in [0.05, 0.1) is 0 Å². The van der Waals surface area contributed by atoms with Gasteiger partial charge in [-0.2, -0.15) is 0 Å². The molecule has 0 aromatic rings. The van der Waals surface area contributed by atoms with Gasteiger partial charge in [-0.05, 0) is 49.4 Å². The second kappa shape index (κ2) is 7.87. The highest BCUT2D eigenvalue weighted by molar-refractivity contribution is 5.61. The summed E-state index contributed by atoms with van der Waals surface area (Å²) in [6.07, 6.45) is 14.3. The Morgan fingerprint density at radius 2 is 1.68 bits per heavy atom. The molecule has 2 unspecified atom stereocenters. The highest BCUT2D eigenvalue weighted by Crippen LogP contribution is 2.36. The molecule has 0 amide bonds. The summed E-state index contributed by atoms with van der Waals surface area (Å²) < 4.78 is 0. The van der Waals surface area contributed by atoms with Crippen LogP contribution in [-0.2, 0) is 0 Å². The second-order valence-electron chi connectivity index (χ2n) is 7.23. The summed E-state index contributed by atoms with van der Waals surface area (Å²) in [7, 11) is 0. The molecule has 0 saturated heterocycles. The zero-order chi connectivity index (χ0) is 14.3. The van der Waals surface area contributed by atoms with E-state index in [9.17, 15) is 0 Å². The lowest BCUT2D eigenvalue weighted by Gasteiger charge is -2.32. The van der Waals surface area contributed by atoms with E-state index in [0.29, 0.717) is 11.3 Å². The zero-order valence-electron chi connectivity index (χ0n) is 13.7. The summed E-state index contributed by atoms with van der Waals surface area (Å²) in [4.78, 5) is 4.46. The Balaban J connectivity index is 2.70. The van der Waals surface area contributed by atoms with Crippen molar-refractivity contribution < 1.29 is 0 Å². The molecule has 1 fully saturated rings. The Hall–Kier alpha value is -0.590. The van der Waals surface area contributed by atoms with Gasteiger partial charge >= 0.3 is 0 Å². The van der Waals surface area contributed by atoms with Crippen LogP contribution in [-0.4, -0.2) is 6.21 Å². The standard InChI is InChI=1S/C18H33N/c1-6-13-19-14-17-10-8-12-18(4,5)11-7-9-15(2)16(17)3/h6,13-17H,7-12H2,1-5H3/b13-6-,19-14-/t15-,16?,17?/m0/s1. The van der Waals surface area contributed by atoms with Gasteiger partial charge < -0.3 is 0 Å². The van der Waals surface area contributed by atoms with Crippen LogP contribution in [0.2, 0.25) is 0 Å². The Bertz CT molecular complexity index is 301. The van der Waals surface area contributed by atoms with Gasteiger partial charge in [-0.3, -0.25) is 4.99 Å². The van der Waals surface area contributed by atoms with Gasteiger partial charge in [-0.15, -0.1) is 0 Å². The van der Waals surface area contributed by atoms with E-state index in [2.05, 4.69) is 38.9 Å². The summed E-state index contributed by atoms with van der Waals surface area (Å²) in [6, 6.07) is 0. The van der Waals surface area contributed by atoms with Gasteiger partial charge in [0.1, 0.15) is 0 Å². The molecule has 19 heavy (non-hydrogen) atoms. The molecule has 1 nitrogen and oxygen atoms in total. The van der Waals surface area contributed by atoms with Crippen molar-refractivity contribution in [3.63, 3.8) is 0 Å². The maximum absolute atomic E-state index is 4.46. The molecule has 1 aliphatic carbocycles. The summed E-state index contributed by atoms with van der Waals surface area (Å²) in [5.74, 6) is 2.23. The summed E-state index contributed by atoms with van der Waals surface area (Å²) >= 11 is 0. The van der Waals surface area contributed by atoms with Crippen molar-refractivity contribution in [3.05, 3.63) is 12.3 Å². The molecule has 1 saturated carbocycles. The van der Waals surface area contributed by atoms with Crippen molar-refractivity contribution in [2.75, 3.05) is 0 Å². The van der Waals surface area contributed by atoms with Crippen molar-refractivity contribution in [1.82, 2.24) is 0 Å². The van der Waals surface area contributed by atoms with E-state index in [1.54, 1.807) is 0 Å². The minimum absolute atomic E-state index is 0.533. The Morgan fingerprint density at radius 3 is 2.32 bits per heavy atom. The fraction of sp³-hybridized carbons (Fsp3) is 0.833. The van der Waals surface area contributed by atoms with Crippen LogP contribution >= 0.6 is 0 Å². The number of hydrogen-bond donors (Lipinski definition) is 0. The quantitative estimate of drug-likeness (QED) is 0.553. The maximum atomic E-state index is 4.46. The number of allylic oxidation sites excluding steroid dienone is 1. The van der Waals surface area contributed by atoms with Gasteiger partial charge in [0.2, 0.25) is 0 Å². The smallest absolute Gasteiger partial charge is 0.0221 e. The van der Waals surface area contributed by atoms with E-state index >= 15 is 0 Å². The largest absolute Gasteiger partial charge is 0.269 e. The molecule has 110 valence electrons. The Morgan fingerprint density at radius 1 is 1.05 bits per heavy atom. The van der Waals surface area contributed by atoms with Gasteiger partial charge in [0.25, 0.3) is 0 Å². The summed E-state index contributed by atoms with van der Waals surface area (Å²) in [6.45, 7) is 11.7. The molecule has 1 rings (SSSR count). The average Bonchev–Trinajstić information content (AvgIpc) is 2.35. The van der Waals surface area contributed by atoms with Crippen molar-refractivity contribution in [2.45, 2.75) is 73.1 Å². The first-order chi connectivity index (χ1) is 8.96. The molecular formula is C18H33N. The van der Waals surface area contributed by atoms with E-state index < -0.39 is 0 Å². The van der Waals surface area contributed by atoms with Gasteiger partial charge in [-0.25, -0.2) is 0 Å². The number of nitrogens with zero attached hydrogens (tertiary/aromatic N) is 1. The Labute approximate surface area is 120 Å². The topological polar surface area (TPSA) is 12.4 Å². The molecule has 0 spiro atoms. The van der Waals surface area contributed by atoms with Crippen molar-refractivity contribution in [3.8, 4) is 0 Å². The molecule has 0 aromatic carbocycles. The SMILES string of the molecule is C/C=C\N=C/C1CCCC(C)(C)CCC[C@H](C)C1C. The second-order valence-corrected chi connectivity index (χ2v) is 7.23. The third-order valence-corrected chi connectivity index (χ3v) is 4.99. The fourth-order valence-corrected chi connectivity index (χ4v) is 3.25. The van der Waals surface area contributed by atoms with Crippen LogP contribution in [0.25, 0.3) is 0 Å². The van der Waals surface area contributed by atoms with Crippen LogP contribution < -0.4 is 0 Å². The highest BCUT2D eigenvalue weighted by atomic mass is 14.7. The summed E-state index contributed by atoms with van der Waals surface area (Å²) in [5, 5.41) is 0. The number of rotatable bonds is 2. The van der Waals surface area contributed by atoms with Gasteiger partial charge in [-0.1, -0.05) is 53.0 Å². The highest BCUT2D eigenvalue weighted by Gasteiger charge is 2.25. The zero-order valence-corrected chi connectivity index (χ0v) is 13.7. The molecule has 0 aliphatic heterocycles. The normalized spacial score (nSPS) is 33.8. The van der Waals surface area contributed by atoms with Crippen LogP contribution in [0.4, 0.5) is 0 Å². The van der Waals surface area contributed by atoms with Crippen molar-refractivity contribution in [2.24, 2.45) is 28.2 Å². The molecule has 1 aliphatic rings. The molecule has 1 heteroatoms. The van der Waals surface area contributed by atoms with Crippen molar-refractivity contribution in [1.29, 1.82) is 0 Å².